The lowest BCUT2D eigenvalue weighted by molar-refractivity contribution is -0.277. The van der Waals surface area contributed by atoms with Crippen molar-refractivity contribution in [2.24, 2.45) is 0 Å². The third kappa shape index (κ3) is 4.29. The summed E-state index contributed by atoms with van der Waals surface area (Å²) < 4.78 is 32.5. The summed E-state index contributed by atoms with van der Waals surface area (Å²) >= 11 is 0. The second-order valence-electron chi connectivity index (χ2n) is 7.97. The summed E-state index contributed by atoms with van der Waals surface area (Å²) in [5.41, 5.74) is -0.178. The van der Waals surface area contributed by atoms with Crippen molar-refractivity contribution < 1.29 is 53.6 Å². The maximum Gasteiger partial charge on any atom is 0.239 e. The first-order chi connectivity index (χ1) is 17.2. The van der Waals surface area contributed by atoms with Crippen LogP contribution in [0.2, 0.25) is 0 Å². The van der Waals surface area contributed by atoms with Gasteiger partial charge in [-0.05, 0) is 24.3 Å². The van der Waals surface area contributed by atoms with E-state index in [1.165, 1.54) is 39.5 Å². The Morgan fingerprint density at radius 2 is 1.58 bits per heavy atom. The minimum absolute atomic E-state index is 0.0261. The zero-order chi connectivity index (χ0) is 26.1. The molecule has 1 aliphatic rings. The molecule has 1 fully saturated rings. The standard InChI is InChI=1S/C24H26O12/c1-31-13-8-12-15(17(27)22(13)32-2)18(28)23(33-3)21(35-12)10-4-6-11(7-5-10)34-24-20(30)19(29)16(26)14(9-25)36-24/h4-8,14,16,19-20,24-27,29-30H,9H2,1-3H3/t14?,16-,19?,20?,24-/m1/s1. The number of aliphatic hydroxyl groups excluding tert-OH is 4. The fourth-order valence-electron chi connectivity index (χ4n) is 3.98. The van der Waals surface area contributed by atoms with Gasteiger partial charge in [0.2, 0.25) is 23.2 Å². The van der Waals surface area contributed by atoms with Crippen LogP contribution < -0.4 is 24.4 Å². The molecule has 0 amide bonds. The highest BCUT2D eigenvalue weighted by molar-refractivity contribution is 5.91. The maximum absolute atomic E-state index is 13.1. The van der Waals surface area contributed by atoms with Crippen LogP contribution in [0.4, 0.5) is 0 Å². The molecule has 0 spiro atoms. The summed E-state index contributed by atoms with van der Waals surface area (Å²) in [6, 6.07) is 7.49. The zero-order valence-electron chi connectivity index (χ0n) is 19.6. The molecule has 4 rings (SSSR count). The molecular weight excluding hydrogens is 480 g/mol. The van der Waals surface area contributed by atoms with Gasteiger partial charge in [0.15, 0.2) is 17.3 Å². The zero-order valence-corrected chi connectivity index (χ0v) is 19.6. The number of ether oxygens (including phenoxy) is 5. The fraction of sp³-hybridized carbons (Fsp3) is 0.375. The Balaban J connectivity index is 1.70. The van der Waals surface area contributed by atoms with E-state index in [1.807, 2.05) is 0 Å². The van der Waals surface area contributed by atoms with E-state index in [1.54, 1.807) is 12.1 Å². The largest absolute Gasteiger partial charge is 0.504 e. The molecule has 1 saturated heterocycles. The van der Waals surface area contributed by atoms with Crippen LogP contribution >= 0.6 is 0 Å². The Morgan fingerprint density at radius 1 is 0.917 bits per heavy atom. The molecule has 2 heterocycles. The lowest BCUT2D eigenvalue weighted by atomic mass is 9.99. The van der Waals surface area contributed by atoms with E-state index < -0.39 is 48.5 Å². The van der Waals surface area contributed by atoms with Crippen LogP contribution in [0.5, 0.6) is 28.7 Å². The summed E-state index contributed by atoms with van der Waals surface area (Å²) in [6.07, 6.45) is -7.13. The molecule has 0 bridgehead atoms. The number of hydrogen-bond donors (Lipinski definition) is 5. The van der Waals surface area contributed by atoms with Gasteiger partial charge in [-0.25, -0.2) is 0 Å². The molecule has 5 atom stereocenters. The summed E-state index contributed by atoms with van der Waals surface area (Å²) in [4.78, 5) is 13.1. The van der Waals surface area contributed by atoms with E-state index in [9.17, 15) is 30.3 Å². The summed E-state index contributed by atoms with van der Waals surface area (Å²) in [6.45, 7) is -0.587. The molecule has 36 heavy (non-hydrogen) atoms. The van der Waals surface area contributed by atoms with Gasteiger partial charge in [-0.2, -0.15) is 0 Å². The molecule has 3 aromatic rings. The predicted molar refractivity (Wildman–Crippen MR) is 124 cm³/mol. The average Bonchev–Trinajstić information content (AvgIpc) is 2.88. The number of aliphatic hydroxyl groups is 4. The molecule has 12 nitrogen and oxygen atoms in total. The summed E-state index contributed by atoms with van der Waals surface area (Å²) in [7, 11) is 3.99. The highest BCUT2D eigenvalue weighted by Crippen LogP contribution is 2.43. The summed E-state index contributed by atoms with van der Waals surface area (Å²) in [5, 5.41) is 49.8. The third-order valence-corrected chi connectivity index (χ3v) is 5.88. The minimum atomic E-state index is -1.58. The normalized spacial score (nSPS) is 23.9. The number of phenols is 1. The van der Waals surface area contributed by atoms with E-state index >= 15 is 0 Å². The highest BCUT2D eigenvalue weighted by atomic mass is 16.7. The first-order valence-electron chi connectivity index (χ1n) is 10.8. The van der Waals surface area contributed by atoms with Gasteiger partial charge < -0.3 is 53.6 Å². The molecule has 1 aliphatic heterocycles. The third-order valence-electron chi connectivity index (χ3n) is 5.88. The van der Waals surface area contributed by atoms with Gasteiger partial charge >= 0.3 is 0 Å². The van der Waals surface area contributed by atoms with E-state index in [0.29, 0.717) is 5.56 Å². The van der Waals surface area contributed by atoms with Gasteiger partial charge in [-0.3, -0.25) is 4.79 Å². The SMILES string of the molecule is COc1cc2oc(-c3ccc(O[C@@H]4OC(CO)[C@@H](O)C(O)C4O)cc3)c(OC)c(=O)c2c(O)c1OC. The second kappa shape index (κ2) is 10.2. The van der Waals surface area contributed by atoms with Crippen molar-refractivity contribution >= 4 is 11.0 Å². The Bertz CT molecular complexity index is 1280. The number of hydrogen-bond acceptors (Lipinski definition) is 12. The fourth-order valence-corrected chi connectivity index (χ4v) is 3.98. The molecule has 2 aromatic carbocycles. The Labute approximate surface area is 204 Å². The number of fused-ring (bicyclic) bond motifs is 1. The van der Waals surface area contributed by atoms with Crippen LogP contribution in [0.25, 0.3) is 22.3 Å². The predicted octanol–water partition coefficient (Wildman–Crippen LogP) is 0.370. The van der Waals surface area contributed by atoms with Crippen LogP contribution in [-0.2, 0) is 4.74 Å². The number of phenolic OH excluding ortho intramolecular Hbond substituents is 1. The minimum Gasteiger partial charge on any atom is -0.504 e. The molecule has 5 N–H and O–H groups in total. The van der Waals surface area contributed by atoms with Gasteiger partial charge in [-0.1, -0.05) is 0 Å². The van der Waals surface area contributed by atoms with Crippen molar-refractivity contribution in [3.05, 3.63) is 40.6 Å². The molecule has 0 radical (unpaired) electrons. The van der Waals surface area contributed by atoms with Crippen LogP contribution in [0.3, 0.4) is 0 Å². The number of benzene rings is 2. The van der Waals surface area contributed by atoms with Crippen molar-refractivity contribution in [3.63, 3.8) is 0 Å². The quantitative estimate of drug-likeness (QED) is 0.298. The van der Waals surface area contributed by atoms with Crippen LogP contribution in [0.15, 0.2) is 39.5 Å². The van der Waals surface area contributed by atoms with Gasteiger partial charge in [0, 0.05) is 11.6 Å². The van der Waals surface area contributed by atoms with Crippen LogP contribution in [0.1, 0.15) is 0 Å². The van der Waals surface area contributed by atoms with Gasteiger partial charge in [0.25, 0.3) is 0 Å². The molecule has 1 aromatic heterocycles. The Hall–Kier alpha value is -3.55. The second-order valence-corrected chi connectivity index (χ2v) is 7.97. The first kappa shape index (κ1) is 25.5. The van der Waals surface area contributed by atoms with Crippen LogP contribution in [-0.4, -0.2) is 84.2 Å². The van der Waals surface area contributed by atoms with E-state index in [4.69, 9.17) is 28.1 Å². The summed E-state index contributed by atoms with van der Waals surface area (Å²) in [5.74, 6) is -0.191. The monoisotopic (exact) mass is 506 g/mol. The Kier molecular flexibility index (Phi) is 7.24. The maximum atomic E-state index is 13.1. The first-order valence-corrected chi connectivity index (χ1v) is 10.8. The number of rotatable bonds is 7. The van der Waals surface area contributed by atoms with Crippen molar-refractivity contribution in [2.45, 2.75) is 30.7 Å². The molecule has 0 aliphatic carbocycles. The van der Waals surface area contributed by atoms with Crippen molar-refractivity contribution in [1.29, 1.82) is 0 Å². The molecule has 3 unspecified atom stereocenters. The number of aromatic hydroxyl groups is 1. The Morgan fingerprint density at radius 3 is 2.17 bits per heavy atom. The highest BCUT2D eigenvalue weighted by Gasteiger charge is 2.44. The lowest BCUT2D eigenvalue weighted by Gasteiger charge is -2.39. The molecule has 12 heteroatoms. The smallest absolute Gasteiger partial charge is 0.239 e. The van der Waals surface area contributed by atoms with Crippen molar-refractivity contribution in [2.75, 3.05) is 27.9 Å². The van der Waals surface area contributed by atoms with Crippen molar-refractivity contribution in [3.8, 4) is 40.1 Å². The number of methoxy groups -OCH3 is 3. The molecule has 194 valence electrons. The van der Waals surface area contributed by atoms with Crippen molar-refractivity contribution in [1.82, 2.24) is 0 Å². The molecular formula is C24H26O12. The van der Waals surface area contributed by atoms with E-state index in [2.05, 4.69) is 0 Å². The lowest BCUT2D eigenvalue weighted by Crippen LogP contribution is -2.60. The van der Waals surface area contributed by atoms with E-state index in [-0.39, 0.29) is 39.7 Å². The van der Waals surface area contributed by atoms with Crippen LogP contribution in [0, 0.1) is 0 Å². The van der Waals surface area contributed by atoms with Gasteiger partial charge in [0.1, 0.15) is 41.1 Å². The van der Waals surface area contributed by atoms with Gasteiger partial charge in [-0.15, -0.1) is 0 Å². The van der Waals surface area contributed by atoms with E-state index in [0.717, 1.165) is 0 Å². The molecule has 0 saturated carbocycles. The topological polar surface area (TPSA) is 178 Å². The van der Waals surface area contributed by atoms with Gasteiger partial charge in [0.05, 0.1) is 27.9 Å². The average molecular weight is 506 g/mol.